The molecule has 0 aromatic heterocycles. The third-order valence-electron chi connectivity index (χ3n) is 4.04. The monoisotopic (exact) mass is 365 g/mol. The molecule has 0 atom stereocenters. The number of rotatable bonds is 3. The number of anilines is 3. The van der Waals surface area contributed by atoms with Gasteiger partial charge >= 0.3 is 11.4 Å². The first-order valence-electron chi connectivity index (χ1n) is 7.66. The summed E-state index contributed by atoms with van der Waals surface area (Å²) in [4.78, 5) is 25.0. The van der Waals surface area contributed by atoms with Gasteiger partial charge in [0.15, 0.2) is 0 Å². The minimum atomic E-state index is -0.716. The first-order valence-corrected chi connectivity index (χ1v) is 8.47. The second-order valence-corrected chi connectivity index (χ2v) is 6.62. The molecule has 3 aromatic carbocycles. The fraction of sp³-hybridized carbons (Fsp3) is 0. The summed E-state index contributed by atoms with van der Waals surface area (Å²) < 4.78 is 0. The predicted octanol–water partition coefficient (Wildman–Crippen LogP) is 5.44. The second-order valence-electron chi connectivity index (χ2n) is 5.54. The smallest absolute Gasteiger partial charge is 0.302 e. The number of nitro groups is 2. The van der Waals surface area contributed by atoms with Gasteiger partial charge in [-0.3, -0.25) is 20.2 Å². The third kappa shape index (κ3) is 2.47. The number of benzene rings is 3. The summed E-state index contributed by atoms with van der Waals surface area (Å²) in [5.41, 5.74) is 0.650. The van der Waals surface area contributed by atoms with Crippen LogP contribution in [0.3, 0.4) is 0 Å². The molecule has 7 nitrogen and oxygen atoms in total. The number of fused-ring (bicyclic) bond motifs is 2. The van der Waals surface area contributed by atoms with Gasteiger partial charge in [-0.05, 0) is 30.3 Å². The Morgan fingerprint density at radius 3 is 2.15 bits per heavy atom. The average Bonchev–Trinajstić information content (AvgIpc) is 2.65. The Hall–Kier alpha value is -3.39. The van der Waals surface area contributed by atoms with Crippen LogP contribution in [0.1, 0.15) is 0 Å². The molecule has 4 rings (SSSR count). The molecule has 0 fully saturated rings. The minimum Gasteiger partial charge on any atom is -0.302 e. The van der Waals surface area contributed by atoms with Crippen molar-refractivity contribution in [1.29, 1.82) is 0 Å². The van der Waals surface area contributed by atoms with Gasteiger partial charge < -0.3 is 4.90 Å². The molecule has 8 heteroatoms. The molecule has 0 unspecified atom stereocenters. The van der Waals surface area contributed by atoms with Crippen molar-refractivity contribution >= 4 is 40.2 Å². The van der Waals surface area contributed by atoms with Crippen LogP contribution in [0.25, 0.3) is 0 Å². The van der Waals surface area contributed by atoms with Gasteiger partial charge in [0.2, 0.25) is 0 Å². The van der Waals surface area contributed by atoms with Crippen LogP contribution >= 0.6 is 11.8 Å². The number of hydrogen-bond acceptors (Lipinski definition) is 6. The quantitative estimate of drug-likeness (QED) is 0.355. The van der Waals surface area contributed by atoms with Gasteiger partial charge in [-0.15, -0.1) is 0 Å². The molecule has 0 N–H and O–H groups in total. The van der Waals surface area contributed by atoms with Crippen molar-refractivity contribution in [3.05, 3.63) is 87.0 Å². The van der Waals surface area contributed by atoms with Gasteiger partial charge in [0.25, 0.3) is 0 Å². The zero-order valence-corrected chi connectivity index (χ0v) is 14.1. The van der Waals surface area contributed by atoms with Crippen LogP contribution in [0, 0.1) is 20.2 Å². The molecule has 0 aliphatic carbocycles. The Kier molecular flexibility index (Phi) is 3.81. The summed E-state index contributed by atoms with van der Waals surface area (Å²) in [5.74, 6) is 0. The van der Waals surface area contributed by atoms with Gasteiger partial charge in [0.05, 0.1) is 15.5 Å². The van der Waals surface area contributed by atoms with E-state index < -0.39 is 21.2 Å². The number of nitrogens with zero attached hydrogens (tertiary/aromatic N) is 3. The molecule has 0 bridgehead atoms. The van der Waals surface area contributed by atoms with Crippen molar-refractivity contribution in [2.45, 2.75) is 9.79 Å². The molecular formula is C18H11N3O4S. The maximum absolute atomic E-state index is 11.8. The second kappa shape index (κ2) is 6.16. The highest BCUT2D eigenvalue weighted by Gasteiger charge is 2.38. The third-order valence-corrected chi connectivity index (χ3v) is 5.15. The van der Waals surface area contributed by atoms with E-state index in [0.29, 0.717) is 10.6 Å². The Morgan fingerprint density at radius 1 is 0.769 bits per heavy atom. The fourth-order valence-electron chi connectivity index (χ4n) is 2.99. The Balaban J connectivity index is 2.08. The fourth-order valence-corrected chi connectivity index (χ4v) is 4.06. The van der Waals surface area contributed by atoms with E-state index in [9.17, 15) is 20.2 Å². The summed E-state index contributed by atoms with van der Waals surface area (Å²) in [5, 5.41) is 23.1. The standard InChI is InChI=1S/C18H11N3O4S/c22-20(23)14-10-11-16-18(17(14)21(24)25)19(12-6-2-1-3-7-12)13-8-4-5-9-15(13)26-16/h1-11H. The minimum absolute atomic E-state index is 0.221. The molecule has 1 aliphatic rings. The van der Waals surface area contributed by atoms with Crippen molar-refractivity contribution in [3.63, 3.8) is 0 Å². The summed E-state index contributed by atoms with van der Waals surface area (Å²) in [6, 6.07) is 19.4. The lowest BCUT2D eigenvalue weighted by molar-refractivity contribution is -0.422. The zero-order chi connectivity index (χ0) is 18.3. The lowest BCUT2D eigenvalue weighted by Gasteiger charge is -2.32. The molecule has 1 heterocycles. The van der Waals surface area contributed by atoms with Gasteiger partial charge in [-0.2, -0.15) is 0 Å². The average molecular weight is 365 g/mol. The van der Waals surface area contributed by atoms with Crippen molar-refractivity contribution in [2.75, 3.05) is 4.90 Å². The van der Waals surface area contributed by atoms with Gasteiger partial charge in [0.1, 0.15) is 5.69 Å². The molecule has 0 spiro atoms. The van der Waals surface area contributed by atoms with Crippen LogP contribution in [0.15, 0.2) is 76.5 Å². The van der Waals surface area contributed by atoms with Crippen molar-refractivity contribution in [1.82, 2.24) is 0 Å². The van der Waals surface area contributed by atoms with E-state index in [1.165, 1.54) is 17.8 Å². The Bertz CT molecular complexity index is 1040. The summed E-state index contributed by atoms with van der Waals surface area (Å²) in [6.07, 6.45) is 0. The first kappa shape index (κ1) is 16.1. The SMILES string of the molecule is O=[N+]([O-])c1ccc2c(c1[N+](=O)[O-])N(c1ccccc1)c1ccccc1S2. The van der Waals surface area contributed by atoms with Crippen LogP contribution < -0.4 is 4.90 Å². The van der Waals surface area contributed by atoms with Crippen molar-refractivity contribution in [2.24, 2.45) is 0 Å². The van der Waals surface area contributed by atoms with Crippen LogP contribution in [0.4, 0.5) is 28.4 Å². The van der Waals surface area contributed by atoms with Crippen LogP contribution in [-0.4, -0.2) is 9.85 Å². The van der Waals surface area contributed by atoms with Crippen molar-refractivity contribution in [3.8, 4) is 0 Å². The molecule has 128 valence electrons. The van der Waals surface area contributed by atoms with Crippen LogP contribution in [0.2, 0.25) is 0 Å². The predicted molar refractivity (Wildman–Crippen MR) is 98.6 cm³/mol. The number of para-hydroxylation sites is 2. The lowest BCUT2D eigenvalue weighted by atomic mass is 10.1. The highest BCUT2D eigenvalue weighted by Crippen LogP contribution is 2.56. The highest BCUT2D eigenvalue weighted by atomic mass is 32.2. The van der Waals surface area contributed by atoms with Gasteiger partial charge in [0, 0.05) is 21.5 Å². The van der Waals surface area contributed by atoms with Gasteiger partial charge in [-0.25, -0.2) is 0 Å². The molecule has 0 amide bonds. The molecule has 0 saturated heterocycles. The Labute approximate surface area is 152 Å². The maximum atomic E-state index is 11.8. The highest BCUT2D eigenvalue weighted by molar-refractivity contribution is 7.99. The number of hydrogen-bond donors (Lipinski definition) is 0. The van der Waals surface area contributed by atoms with E-state index in [2.05, 4.69) is 0 Å². The van der Waals surface area contributed by atoms with E-state index >= 15 is 0 Å². The maximum Gasteiger partial charge on any atom is 0.370 e. The Morgan fingerprint density at radius 2 is 1.46 bits per heavy atom. The molecular weight excluding hydrogens is 354 g/mol. The summed E-state index contributed by atoms with van der Waals surface area (Å²) in [6.45, 7) is 0. The van der Waals surface area contributed by atoms with Crippen molar-refractivity contribution < 1.29 is 9.85 Å². The topological polar surface area (TPSA) is 89.5 Å². The summed E-state index contributed by atoms with van der Waals surface area (Å²) in [7, 11) is 0. The van der Waals surface area contributed by atoms with E-state index in [-0.39, 0.29) is 5.69 Å². The molecule has 0 radical (unpaired) electrons. The van der Waals surface area contributed by atoms with E-state index in [4.69, 9.17) is 0 Å². The van der Waals surface area contributed by atoms with E-state index in [0.717, 1.165) is 10.6 Å². The molecule has 3 aromatic rings. The van der Waals surface area contributed by atoms with Gasteiger partial charge in [-0.1, -0.05) is 42.1 Å². The summed E-state index contributed by atoms with van der Waals surface area (Å²) >= 11 is 1.36. The largest absolute Gasteiger partial charge is 0.370 e. The van der Waals surface area contributed by atoms with Crippen LogP contribution in [-0.2, 0) is 0 Å². The zero-order valence-electron chi connectivity index (χ0n) is 13.2. The normalized spacial score (nSPS) is 12.2. The van der Waals surface area contributed by atoms with E-state index in [1.54, 1.807) is 11.0 Å². The molecule has 26 heavy (non-hydrogen) atoms. The first-order chi connectivity index (χ1) is 12.6. The molecule has 0 saturated carbocycles. The number of nitro benzene ring substituents is 2. The van der Waals surface area contributed by atoms with E-state index in [1.807, 2.05) is 54.6 Å². The van der Waals surface area contributed by atoms with Crippen LogP contribution in [0.5, 0.6) is 0 Å². The lowest BCUT2D eigenvalue weighted by Crippen LogP contribution is -2.17. The molecule has 1 aliphatic heterocycles.